The van der Waals surface area contributed by atoms with Crippen LogP contribution in [0.4, 0.5) is 24.5 Å². The molecule has 0 saturated heterocycles. The molecule has 5 nitrogen and oxygen atoms in total. The van der Waals surface area contributed by atoms with Crippen molar-refractivity contribution in [3.05, 3.63) is 94.7 Å². The van der Waals surface area contributed by atoms with Crippen molar-refractivity contribution in [1.82, 2.24) is 0 Å². The van der Waals surface area contributed by atoms with Crippen molar-refractivity contribution in [3.8, 4) is 11.5 Å². The van der Waals surface area contributed by atoms with Gasteiger partial charge in [-0.2, -0.15) is 13.2 Å². The molecule has 3 aromatic rings. The largest absolute Gasteiger partial charge is 0.493 e. The van der Waals surface area contributed by atoms with Crippen LogP contribution in [0, 0.1) is 0 Å². The summed E-state index contributed by atoms with van der Waals surface area (Å²) in [7, 11) is 3.10. The maximum atomic E-state index is 14.0. The fourth-order valence-corrected chi connectivity index (χ4v) is 5.07. The van der Waals surface area contributed by atoms with Gasteiger partial charge in [-0.05, 0) is 53.8 Å². The second-order valence-corrected chi connectivity index (χ2v) is 8.87. The number of hydrogen-bond donors (Lipinski definition) is 2. The van der Waals surface area contributed by atoms with Crippen LogP contribution in [0.5, 0.6) is 11.5 Å². The number of benzene rings is 3. The third-order valence-electron chi connectivity index (χ3n) is 6.77. The first kappa shape index (κ1) is 23.8. The average molecular weight is 495 g/mol. The molecule has 2 aliphatic rings. The molecular formula is C28H25F3N2O3. The number of methoxy groups -OCH3 is 2. The summed E-state index contributed by atoms with van der Waals surface area (Å²) >= 11 is 0. The maximum absolute atomic E-state index is 14.0. The molecule has 5 rings (SSSR count). The molecule has 36 heavy (non-hydrogen) atoms. The second kappa shape index (κ2) is 9.26. The van der Waals surface area contributed by atoms with Gasteiger partial charge in [0.2, 0.25) is 0 Å². The third kappa shape index (κ3) is 4.27. The summed E-state index contributed by atoms with van der Waals surface area (Å²) in [5.74, 6) is 0.760. The number of nitrogens with one attached hydrogen (secondary N) is 2. The Morgan fingerprint density at radius 3 is 2.28 bits per heavy atom. The topological polar surface area (TPSA) is 59.6 Å². The van der Waals surface area contributed by atoms with E-state index in [0.717, 1.165) is 11.6 Å². The van der Waals surface area contributed by atoms with E-state index in [1.165, 1.54) is 12.1 Å². The number of carbonyl (C=O) groups excluding carboxylic acids is 1. The van der Waals surface area contributed by atoms with E-state index < -0.39 is 17.8 Å². The molecule has 0 saturated carbocycles. The van der Waals surface area contributed by atoms with Crippen molar-refractivity contribution in [2.75, 3.05) is 24.9 Å². The Morgan fingerprint density at radius 1 is 0.861 bits per heavy atom. The number of allylic oxidation sites excluding steroid dienone is 1. The first-order chi connectivity index (χ1) is 17.3. The Labute approximate surface area is 206 Å². The van der Waals surface area contributed by atoms with Crippen LogP contribution in [0.3, 0.4) is 0 Å². The van der Waals surface area contributed by atoms with Crippen molar-refractivity contribution in [2.24, 2.45) is 0 Å². The summed E-state index contributed by atoms with van der Waals surface area (Å²) in [5.41, 5.74) is 2.44. The van der Waals surface area contributed by atoms with Gasteiger partial charge in [0.05, 0.1) is 37.2 Å². The average Bonchev–Trinajstić information content (AvgIpc) is 3.04. The fraction of sp³-hybridized carbons (Fsp3) is 0.250. The highest BCUT2D eigenvalue weighted by Crippen LogP contribution is 2.47. The SMILES string of the molecule is COc1ccc(C2CC(=O)C3=C(C2)Nc2ccccc2NC3c2ccccc2C(F)(F)F)cc1OC. The van der Waals surface area contributed by atoms with Crippen LogP contribution in [0.25, 0.3) is 0 Å². The Kier molecular flexibility index (Phi) is 6.12. The summed E-state index contributed by atoms with van der Waals surface area (Å²) in [4.78, 5) is 13.7. The number of para-hydroxylation sites is 2. The lowest BCUT2D eigenvalue weighted by atomic mass is 9.78. The molecule has 0 bridgehead atoms. The molecule has 0 amide bonds. The van der Waals surface area contributed by atoms with Crippen molar-refractivity contribution < 1.29 is 27.4 Å². The first-order valence-corrected chi connectivity index (χ1v) is 11.6. The van der Waals surface area contributed by atoms with E-state index in [1.807, 2.05) is 24.3 Å². The van der Waals surface area contributed by atoms with Crippen LogP contribution in [-0.2, 0) is 11.0 Å². The van der Waals surface area contributed by atoms with Gasteiger partial charge in [0.1, 0.15) is 0 Å². The minimum Gasteiger partial charge on any atom is -0.493 e. The number of halogens is 3. The number of ether oxygens (including phenoxy) is 2. The molecule has 8 heteroatoms. The van der Waals surface area contributed by atoms with E-state index in [1.54, 1.807) is 38.5 Å². The lowest BCUT2D eigenvalue weighted by molar-refractivity contribution is -0.138. The van der Waals surface area contributed by atoms with Crippen LogP contribution >= 0.6 is 0 Å². The summed E-state index contributed by atoms with van der Waals surface area (Å²) < 4.78 is 52.7. The Morgan fingerprint density at radius 2 is 1.56 bits per heavy atom. The van der Waals surface area contributed by atoms with Crippen molar-refractivity contribution >= 4 is 17.2 Å². The summed E-state index contributed by atoms with van der Waals surface area (Å²) in [5, 5.41) is 6.59. The van der Waals surface area contributed by atoms with Gasteiger partial charge in [-0.3, -0.25) is 4.79 Å². The molecule has 1 aliphatic heterocycles. The minimum atomic E-state index is -4.56. The van der Waals surface area contributed by atoms with Gasteiger partial charge >= 0.3 is 6.18 Å². The first-order valence-electron chi connectivity index (χ1n) is 11.6. The van der Waals surface area contributed by atoms with E-state index in [2.05, 4.69) is 10.6 Å². The molecule has 0 aromatic heterocycles. The molecule has 1 aliphatic carbocycles. The number of alkyl halides is 3. The number of hydrogen-bond acceptors (Lipinski definition) is 5. The zero-order chi connectivity index (χ0) is 25.4. The van der Waals surface area contributed by atoms with E-state index in [0.29, 0.717) is 40.6 Å². The van der Waals surface area contributed by atoms with Gasteiger partial charge in [-0.15, -0.1) is 0 Å². The molecule has 0 spiro atoms. The maximum Gasteiger partial charge on any atom is 0.416 e. The Bertz CT molecular complexity index is 1350. The number of ketones is 1. The van der Waals surface area contributed by atoms with E-state index in [9.17, 15) is 18.0 Å². The number of Topliss-reactive ketones (excluding diaryl/α,β-unsaturated/α-hetero) is 1. The van der Waals surface area contributed by atoms with Crippen LogP contribution < -0.4 is 20.1 Å². The smallest absolute Gasteiger partial charge is 0.416 e. The quantitative estimate of drug-likeness (QED) is 0.423. The molecular weight excluding hydrogens is 469 g/mol. The molecule has 0 radical (unpaired) electrons. The monoisotopic (exact) mass is 494 g/mol. The molecule has 2 N–H and O–H groups in total. The van der Waals surface area contributed by atoms with Gasteiger partial charge in [-0.25, -0.2) is 0 Å². The molecule has 1 heterocycles. The van der Waals surface area contributed by atoms with E-state index >= 15 is 0 Å². The predicted octanol–water partition coefficient (Wildman–Crippen LogP) is 6.70. The minimum absolute atomic E-state index is 0.0221. The molecule has 186 valence electrons. The van der Waals surface area contributed by atoms with E-state index in [-0.39, 0.29) is 23.7 Å². The van der Waals surface area contributed by atoms with Crippen LogP contribution in [0.2, 0.25) is 0 Å². The Hall–Kier alpha value is -3.94. The number of carbonyl (C=O) groups is 1. The van der Waals surface area contributed by atoms with Gasteiger partial charge < -0.3 is 20.1 Å². The number of fused-ring (bicyclic) bond motifs is 1. The zero-order valence-corrected chi connectivity index (χ0v) is 19.8. The van der Waals surface area contributed by atoms with Gasteiger partial charge in [0, 0.05) is 17.7 Å². The molecule has 2 atom stereocenters. The fourth-order valence-electron chi connectivity index (χ4n) is 5.07. The summed E-state index contributed by atoms with van der Waals surface area (Å²) in [6.45, 7) is 0. The van der Waals surface area contributed by atoms with Crippen molar-refractivity contribution in [1.29, 1.82) is 0 Å². The van der Waals surface area contributed by atoms with Crippen molar-refractivity contribution in [2.45, 2.75) is 31.0 Å². The highest BCUT2D eigenvalue weighted by atomic mass is 19.4. The number of anilines is 2. The zero-order valence-electron chi connectivity index (χ0n) is 19.8. The lowest BCUT2D eigenvalue weighted by Crippen LogP contribution is -2.28. The molecule has 2 unspecified atom stereocenters. The van der Waals surface area contributed by atoms with Crippen molar-refractivity contribution in [3.63, 3.8) is 0 Å². The van der Waals surface area contributed by atoms with Crippen LogP contribution in [0.15, 0.2) is 78.0 Å². The highest BCUT2D eigenvalue weighted by Gasteiger charge is 2.41. The highest BCUT2D eigenvalue weighted by molar-refractivity contribution is 6.01. The molecule has 0 fully saturated rings. The predicted molar refractivity (Wildman–Crippen MR) is 131 cm³/mol. The Balaban J connectivity index is 1.62. The van der Waals surface area contributed by atoms with Crippen LogP contribution in [-0.4, -0.2) is 20.0 Å². The van der Waals surface area contributed by atoms with Gasteiger partial charge in [-0.1, -0.05) is 36.4 Å². The standard InChI is InChI=1S/C28H25F3N2O3/c1-35-24-12-11-16(15-25(24)36-2)17-13-22-26(23(34)14-17)27(33-21-10-6-5-9-20(21)32-22)18-7-3-4-8-19(18)28(29,30)31/h3-12,15,17,27,32-33H,13-14H2,1-2H3. The summed E-state index contributed by atoms with van der Waals surface area (Å²) in [6, 6.07) is 17.3. The van der Waals surface area contributed by atoms with Crippen LogP contribution in [0.1, 0.15) is 41.5 Å². The lowest BCUT2D eigenvalue weighted by Gasteiger charge is -2.31. The van der Waals surface area contributed by atoms with Gasteiger partial charge in [0.15, 0.2) is 17.3 Å². The third-order valence-corrected chi connectivity index (χ3v) is 6.77. The number of rotatable bonds is 4. The molecule has 3 aromatic carbocycles. The van der Waals surface area contributed by atoms with Gasteiger partial charge in [0.25, 0.3) is 0 Å². The second-order valence-electron chi connectivity index (χ2n) is 8.87. The normalized spacial score (nSPS) is 19.4. The summed E-state index contributed by atoms with van der Waals surface area (Å²) in [6.07, 6.45) is -3.94. The van der Waals surface area contributed by atoms with E-state index in [4.69, 9.17) is 9.47 Å².